The summed E-state index contributed by atoms with van der Waals surface area (Å²) in [6.07, 6.45) is 4.40. The summed E-state index contributed by atoms with van der Waals surface area (Å²) in [4.78, 5) is 49.0. The van der Waals surface area contributed by atoms with Crippen LogP contribution in [-0.2, 0) is 70.3 Å². The number of fused-ring (bicyclic) bond motifs is 3. The predicted molar refractivity (Wildman–Crippen MR) is 358 cm³/mol. The molecule has 12 aromatic rings. The minimum Gasteiger partial charge on any atom is -0.347 e. The van der Waals surface area contributed by atoms with Gasteiger partial charge in [0.15, 0.2) is 15.4 Å². The van der Waals surface area contributed by atoms with Crippen LogP contribution in [0.2, 0.25) is 0 Å². The van der Waals surface area contributed by atoms with Crippen LogP contribution in [0.5, 0.6) is 0 Å². The molecule has 12 rings (SSSR count). The van der Waals surface area contributed by atoms with Gasteiger partial charge in [-0.3, -0.25) is 28.5 Å². The predicted octanol–water partition coefficient (Wildman–Crippen LogP) is 13.4. The van der Waals surface area contributed by atoms with Crippen molar-refractivity contribution in [3.8, 4) is 0 Å². The highest BCUT2D eigenvalue weighted by molar-refractivity contribution is 7.93. The summed E-state index contributed by atoms with van der Waals surface area (Å²) in [6.45, 7) is 5.38. The third-order valence-corrected chi connectivity index (χ3v) is 20.7. The van der Waals surface area contributed by atoms with E-state index < -0.39 is 41.8 Å². The van der Waals surface area contributed by atoms with Crippen molar-refractivity contribution in [3.05, 3.63) is 216 Å². The average Bonchev–Trinajstić information content (AvgIpc) is 1.79. The molecule has 0 aliphatic heterocycles. The number of nitrogens with one attached hydrogen (secondary N) is 6. The zero-order valence-corrected chi connectivity index (χ0v) is 54.1. The molecule has 6 aromatic heterocycles. The molecule has 0 atom stereocenters. The molecule has 30 heteroatoms. The number of benzene rings is 6. The van der Waals surface area contributed by atoms with Crippen molar-refractivity contribution >= 4 is 147 Å². The molecule has 0 saturated heterocycles. The average molecular weight is 1380 g/mol. The van der Waals surface area contributed by atoms with Gasteiger partial charge in [-0.05, 0) is 139 Å². The Bertz CT molecular complexity index is 4920. The normalized spacial score (nSPS) is 11.7. The van der Waals surface area contributed by atoms with Gasteiger partial charge in [0.1, 0.15) is 0 Å². The number of hydrogen-bond donors (Lipinski definition) is 6. The van der Waals surface area contributed by atoms with E-state index in [2.05, 4.69) is 79.3 Å². The summed E-state index contributed by atoms with van der Waals surface area (Å²) < 4.78 is 126. The third kappa shape index (κ3) is 17.3. The van der Waals surface area contributed by atoms with Crippen LogP contribution in [0.3, 0.4) is 0 Å². The molecule has 0 radical (unpaired) electrons. The van der Waals surface area contributed by atoms with Crippen molar-refractivity contribution < 1.29 is 52.8 Å². The summed E-state index contributed by atoms with van der Waals surface area (Å²) >= 11 is 3.55. The smallest absolute Gasteiger partial charge is 0.347 e. The molecule has 0 fully saturated rings. The molecule has 480 valence electrons. The van der Waals surface area contributed by atoms with E-state index in [1.165, 1.54) is 107 Å². The fourth-order valence-electron chi connectivity index (χ4n) is 9.64. The van der Waals surface area contributed by atoms with Crippen LogP contribution < -0.4 is 30.1 Å². The van der Waals surface area contributed by atoms with Gasteiger partial charge in [-0.2, -0.15) is 13.2 Å². The van der Waals surface area contributed by atoms with Gasteiger partial charge >= 0.3 is 6.18 Å². The molecule has 21 nitrogen and oxygen atoms in total. The van der Waals surface area contributed by atoms with E-state index >= 15 is 0 Å². The third-order valence-electron chi connectivity index (χ3n) is 14.1. The van der Waals surface area contributed by atoms with Crippen LogP contribution in [0.1, 0.15) is 36.1 Å². The molecule has 6 N–H and O–H groups in total. The molecule has 93 heavy (non-hydrogen) atoms. The molecular formula is C63H57F3N12O9S6. The number of hydrogen-bond acceptors (Lipinski definition) is 15. The second-order valence-corrected chi connectivity index (χ2v) is 28.3. The zero-order valence-electron chi connectivity index (χ0n) is 49.2. The fourth-order valence-corrected chi connectivity index (χ4v) is 15.0. The monoisotopic (exact) mass is 1370 g/mol. The Kier molecular flexibility index (Phi) is 20.5. The van der Waals surface area contributed by atoms with Crippen molar-refractivity contribution in [2.75, 3.05) is 30.1 Å². The molecule has 6 aromatic carbocycles. The highest BCUT2D eigenvalue weighted by Crippen LogP contribution is 2.32. The Balaban J connectivity index is 0.000000153. The number of para-hydroxylation sites is 2. The first-order chi connectivity index (χ1) is 44.5. The standard InChI is InChI=1S/C21H17F3N4O3S2.2C21H20N4O3S2/c22-21(23,24)15-2-1-14-7-10-28(18(14)13-15)11-8-19(29)26-16-3-5-17(6-4-16)33(30,31)27-20-25-9-12-32-20;1-15-14-25(19-5-3-2-4-18(15)19)12-10-20(26)23-16-6-8-17(9-7-16)30(27,28)24-21-22-11-13-29-21;1-15-14-16-4-2-3-5-19(16)25(15)12-10-20(26)23-17-6-8-18(9-7-17)30(27,28)24-21-22-11-13-29-21/h1-7,9-10,12-13H,8,11H2,(H,25,27)(H,26,29);2*2-9,11,13-14H,10,12H2,1H3,(H,22,24)(H,23,26). The Morgan fingerprint density at radius 3 is 1.35 bits per heavy atom. The van der Waals surface area contributed by atoms with Crippen LogP contribution in [0.25, 0.3) is 32.7 Å². The summed E-state index contributed by atoms with van der Waals surface area (Å²) in [6, 6.07) is 41.2. The Hall–Kier alpha value is -9.72. The molecular weight excluding hydrogens is 1320 g/mol. The molecule has 0 saturated carbocycles. The number of amides is 3. The lowest BCUT2D eigenvalue weighted by Gasteiger charge is -2.10. The van der Waals surface area contributed by atoms with Gasteiger partial charge in [-0.15, -0.1) is 34.0 Å². The lowest BCUT2D eigenvalue weighted by atomic mass is 10.1. The maximum absolute atomic E-state index is 13.0. The van der Waals surface area contributed by atoms with Gasteiger partial charge in [0, 0.05) is 131 Å². The Labute approximate surface area is 544 Å². The highest BCUT2D eigenvalue weighted by Gasteiger charge is 2.31. The van der Waals surface area contributed by atoms with Gasteiger partial charge in [-0.25, -0.2) is 40.2 Å². The highest BCUT2D eigenvalue weighted by atomic mass is 32.2. The zero-order chi connectivity index (χ0) is 65.9. The van der Waals surface area contributed by atoms with Crippen LogP contribution >= 0.6 is 34.0 Å². The topological polar surface area (TPSA) is 279 Å². The summed E-state index contributed by atoms with van der Waals surface area (Å²) in [7, 11) is -11.2. The van der Waals surface area contributed by atoms with E-state index in [1.807, 2.05) is 49.5 Å². The quantitative estimate of drug-likeness (QED) is 0.0392. The Morgan fingerprint density at radius 1 is 0.473 bits per heavy atom. The second kappa shape index (κ2) is 28.8. The SMILES string of the molecule is Cc1cc2ccccc2n1CCC(=O)Nc1ccc(S(=O)(=O)Nc2nccs2)cc1.Cc1cn(CCC(=O)Nc2ccc(S(=O)(=O)Nc3nccs3)cc2)c2ccccc12.O=C(CCn1ccc2ccc(C(F)(F)F)cc21)Nc1ccc(S(=O)(=O)Nc2nccs2)cc1. The lowest BCUT2D eigenvalue weighted by molar-refractivity contribution is -0.137. The van der Waals surface area contributed by atoms with E-state index in [1.54, 1.807) is 57.2 Å². The number of thiazole rings is 3. The second-order valence-electron chi connectivity index (χ2n) is 20.6. The lowest BCUT2D eigenvalue weighted by Crippen LogP contribution is -2.15. The molecule has 0 aliphatic rings. The molecule has 6 heterocycles. The van der Waals surface area contributed by atoms with E-state index in [9.17, 15) is 52.8 Å². The number of aryl methyl sites for hydroxylation is 5. The van der Waals surface area contributed by atoms with Crippen LogP contribution in [0.4, 0.5) is 45.6 Å². The van der Waals surface area contributed by atoms with Crippen molar-refractivity contribution in [2.24, 2.45) is 0 Å². The number of anilines is 6. The van der Waals surface area contributed by atoms with Gasteiger partial charge in [0.25, 0.3) is 30.1 Å². The minimum absolute atomic E-state index is 0.00924. The van der Waals surface area contributed by atoms with E-state index in [0.29, 0.717) is 64.2 Å². The summed E-state index contributed by atoms with van der Waals surface area (Å²) in [5.41, 5.74) is 5.60. The first-order valence-corrected chi connectivity index (χ1v) is 35.3. The van der Waals surface area contributed by atoms with E-state index in [-0.39, 0.29) is 50.5 Å². The molecule has 0 unspecified atom stereocenters. The van der Waals surface area contributed by atoms with Crippen LogP contribution in [0.15, 0.2) is 213 Å². The number of halogens is 3. The van der Waals surface area contributed by atoms with Crippen LogP contribution in [0, 0.1) is 13.8 Å². The largest absolute Gasteiger partial charge is 0.416 e. The minimum atomic E-state index is -4.45. The summed E-state index contributed by atoms with van der Waals surface area (Å²) in [5, 5.41) is 17.1. The number of nitrogens with zero attached hydrogens (tertiary/aromatic N) is 6. The molecule has 3 amide bonds. The first-order valence-electron chi connectivity index (χ1n) is 28.2. The van der Waals surface area contributed by atoms with Gasteiger partial charge in [-0.1, -0.05) is 42.5 Å². The van der Waals surface area contributed by atoms with E-state index in [0.717, 1.165) is 45.6 Å². The van der Waals surface area contributed by atoms with Gasteiger partial charge < -0.3 is 29.7 Å². The van der Waals surface area contributed by atoms with E-state index in [4.69, 9.17) is 0 Å². The first kappa shape index (κ1) is 66.2. The summed E-state index contributed by atoms with van der Waals surface area (Å²) in [5.74, 6) is -0.633. The Morgan fingerprint density at radius 2 is 0.903 bits per heavy atom. The number of alkyl halides is 3. The molecule has 0 bridgehead atoms. The van der Waals surface area contributed by atoms with Gasteiger partial charge in [0.2, 0.25) is 17.7 Å². The molecule has 0 aliphatic carbocycles. The van der Waals surface area contributed by atoms with Gasteiger partial charge in [0.05, 0.1) is 20.2 Å². The number of aromatic nitrogens is 6. The number of carbonyl (C=O) groups is 3. The maximum atomic E-state index is 13.0. The van der Waals surface area contributed by atoms with Crippen LogP contribution in [-0.4, -0.2) is 71.6 Å². The molecule has 0 spiro atoms. The van der Waals surface area contributed by atoms with Crippen molar-refractivity contribution in [1.82, 2.24) is 28.7 Å². The fraction of sp³-hybridized carbons (Fsp3) is 0.143. The van der Waals surface area contributed by atoms with Crippen molar-refractivity contribution in [1.29, 1.82) is 0 Å². The maximum Gasteiger partial charge on any atom is 0.416 e. The van der Waals surface area contributed by atoms with Crippen molar-refractivity contribution in [2.45, 2.75) is 73.6 Å². The number of sulfonamides is 3. The number of carbonyl (C=O) groups excluding carboxylic acids is 3. The van der Waals surface area contributed by atoms with Crippen molar-refractivity contribution in [3.63, 3.8) is 0 Å². The number of rotatable bonds is 21.